The summed E-state index contributed by atoms with van der Waals surface area (Å²) in [5.74, 6) is -0.266. The van der Waals surface area contributed by atoms with Crippen LogP contribution in [0.4, 0.5) is 0 Å². The van der Waals surface area contributed by atoms with E-state index in [9.17, 15) is 4.79 Å². The minimum atomic E-state index is -0.266. The van der Waals surface area contributed by atoms with Crippen molar-refractivity contribution in [2.75, 3.05) is 6.61 Å². The van der Waals surface area contributed by atoms with Gasteiger partial charge in [-0.15, -0.1) is 0 Å². The molecule has 0 N–H and O–H groups in total. The Balaban J connectivity index is 3.23. The van der Waals surface area contributed by atoms with Crippen LogP contribution in [0.5, 0.6) is 0 Å². The van der Waals surface area contributed by atoms with Crippen LogP contribution in [-0.2, 0) is 14.6 Å². The summed E-state index contributed by atoms with van der Waals surface area (Å²) in [7, 11) is 0. The smallest absolute Gasteiger partial charge is 0.298 e. The molecule has 0 rings (SSSR count). The Morgan fingerprint density at radius 3 is 2.41 bits per heavy atom. The van der Waals surface area contributed by atoms with Gasteiger partial charge in [0.25, 0.3) is 0 Å². The van der Waals surface area contributed by atoms with Crippen molar-refractivity contribution in [3.8, 4) is 0 Å². The van der Waals surface area contributed by atoms with E-state index in [1.807, 2.05) is 6.08 Å². The molecule has 3 heteroatoms. The van der Waals surface area contributed by atoms with Gasteiger partial charge in [-0.3, -0.25) is 4.89 Å². The summed E-state index contributed by atoms with van der Waals surface area (Å²) < 4.78 is 0. The molecule has 3 nitrogen and oxygen atoms in total. The first kappa shape index (κ1) is 16.2. The lowest BCUT2D eigenvalue weighted by atomic mass is 10.2. The van der Waals surface area contributed by atoms with E-state index in [1.54, 1.807) is 0 Å². The molecule has 0 radical (unpaired) electrons. The van der Waals surface area contributed by atoms with E-state index < -0.39 is 0 Å². The molecule has 0 aliphatic carbocycles. The summed E-state index contributed by atoms with van der Waals surface area (Å²) in [5, 5.41) is 0. The summed E-state index contributed by atoms with van der Waals surface area (Å²) in [5.41, 5.74) is 0. The maximum atomic E-state index is 11.1. The Morgan fingerprint density at radius 2 is 1.71 bits per heavy atom. The molecule has 17 heavy (non-hydrogen) atoms. The first-order valence-corrected chi connectivity index (χ1v) is 6.78. The zero-order valence-electron chi connectivity index (χ0n) is 11.2. The highest BCUT2D eigenvalue weighted by atomic mass is 17.2. The molecule has 0 heterocycles. The van der Waals surface area contributed by atoms with Crippen LogP contribution in [0.25, 0.3) is 0 Å². The molecular weight excluding hydrogens is 216 g/mol. The second-order valence-electron chi connectivity index (χ2n) is 4.16. The van der Waals surface area contributed by atoms with Crippen LogP contribution in [0.2, 0.25) is 0 Å². The molecule has 100 valence electrons. The second kappa shape index (κ2) is 13.2. The molecule has 0 saturated heterocycles. The van der Waals surface area contributed by atoms with Crippen LogP contribution in [-0.4, -0.2) is 12.6 Å². The van der Waals surface area contributed by atoms with Gasteiger partial charge in [0.2, 0.25) is 0 Å². The minimum absolute atomic E-state index is 0.266. The van der Waals surface area contributed by atoms with Crippen LogP contribution in [0.3, 0.4) is 0 Å². The summed E-state index contributed by atoms with van der Waals surface area (Å²) >= 11 is 0. The Kier molecular flexibility index (Phi) is 12.6. The van der Waals surface area contributed by atoms with E-state index in [0.29, 0.717) is 13.0 Å². The highest BCUT2D eigenvalue weighted by molar-refractivity contribution is 5.68. The lowest BCUT2D eigenvalue weighted by molar-refractivity contribution is -0.265. The largest absolute Gasteiger partial charge is 0.342 e. The van der Waals surface area contributed by atoms with E-state index >= 15 is 0 Å². The van der Waals surface area contributed by atoms with E-state index in [4.69, 9.17) is 4.89 Å². The Morgan fingerprint density at radius 1 is 1.00 bits per heavy atom. The number of hydrogen-bond donors (Lipinski definition) is 0. The summed E-state index contributed by atoms with van der Waals surface area (Å²) in [6.45, 7) is 4.64. The van der Waals surface area contributed by atoms with Crippen molar-refractivity contribution in [1.82, 2.24) is 0 Å². The molecule has 0 saturated carbocycles. The van der Waals surface area contributed by atoms with Gasteiger partial charge < -0.3 is 0 Å². The average molecular weight is 242 g/mol. The predicted molar refractivity (Wildman–Crippen MR) is 69.5 cm³/mol. The summed E-state index contributed by atoms with van der Waals surface area (Å²) in [6, 6.07) is 0. The molecule has 0 unspecified atom stereocenters. The topological polar surface area (TPSA) is 35.5 Å². The maximum Gasteiger partial charge on any atom is 0.342 e. The van der Waals surface area contributed by atoms with Gasteiger partial charge in [0.15, 0.2) is 0 Å². The predicted octanol–water partition coefficient (Wildman–Crippen LogP) is 4.18. The molecule has 0 amide bonds. The van der Waals surface area contributed by atoms with Crippen LogP contribution < -0.4 is 0 Å². The van der Waals surface area contributed by atoms with Gasteiger partial charge in [-0.25, -0.2) is 4.79 Å². The molecule has 0 aromatic carbocycles. The number of allylic oxidation sites excluding steroid dienone is 1. The zero-order valence-corrected chi connectivity index (χ0v) is 11.2. The Hall–Kier alpha value is -0.830. The number of unbranched alkanes of at least 4 members (excludes halogenated alkanes) is 5. The normalized spacial score (nSPS) is 10.9. The molecule has 0 atom stereocenters. The first-order valence-electron chi connectivity index (χ1n) is 6.78. The molecule has 0 fully saturated rings. The second-order valence-corrected chi connectivity index (χ2v) is 4.16. The third-order valence-corrected chi connectivity index (χ3v) is 2.44. The van der Waals surface area contributed by atoms with E-state index in [-0.39, 0.29) is 5.97 Å². The van der Waals surface area contributed by atoms with Crippen molar-refractivity contribution < 1.29 is 14.6 Å². The molecule has 0 bridgehead atoms. The van der Waals surface area contributed by atoms with E-state index in [1.165, 1.54) is 19.3 Å². The minimum Gasteiger partial charge on any atom is -0.298 e. The van der Waals surface area contributed by atoms with Gasteiger partial charge >= 0.3 is 5.97 Å². The van der Waals surface area contributed by atoms with Crippen molar-refractivity contribution in [3.63, 3.8) is 0 Å². The average Bonchev–Trinajstić information content (AvgIpc) is 2.33. The Labute approximate surface area is 105 Å². The van der Waals surface area contributed by atoms with Gasteiger partial charge in [0.1, 0.15) is 6.61 Å². The fourth-order valence-electron chi connectivity index (χ4n) is 1.40. The maximum absolute atomic E-state index is 11.1. The monoisotopic (exact) mass is 242 g/mol. The fourth-order valence-corrected chi connectivity index (χ4v) is 1.40. The SMILES string of the molecule is CCCCC/C=C/COOC(=O)CCCCC. The molecule has 0 aromatic rings. The number of hydrogen-bond acceptors (Lipinski definition) is 3. The van der Waals surface area contributed by atoms with Crippen molar-refractivity contribution in [2.24, 2.45) is 0 Å². The first-order chi connectivity index (χ1) is 8.31. The van der Waals surface area contributed by atoms with Crippen LogP contribution >= 0.6 is 0 Å². The lowest BCUT2D eigenvalue weighted by Crippen LogP contribution is -2.05. The van der Waals surface area contributed by atoms with Gasteiger partial charge in [0, 0.05) is 6.42 Å². The van der Waals surface area contributed by atoms with E-state index in [2.05, 4.69) is 24.8 Å². The third kappa shape index (κ3) is 13.1. The van der Waals surface area contributed by atoms with Gasteiger partial charge in [-0.2, -0.15) is 4.89 Å². The lowest BCUT2D eigenvalue weighted by Gasteiger charge is -2.00. The van der Waals surface area contributed by atoms with Crippen molar-refractivity contribution in [1.29, 1.82) is 0 Å². The number of carbonyl (C=O) groups is 1. The fraction of sp³-hybridized carbons (Fsp3) is 0.786. The van der Waals surface area contributed by atoms with Crippen LogP contribution in [0, 0.1) is 0 Å². The highest BCUT2D eigenvalue weighted by Gasteiger charge is 2.01. The Bertz CT molecular complexity index is 200. The van der Waals surface area contributed by atoms with Crippen LogP contribution in [0.15, 0.2) is 12.2 Å². The van der Waals surface area contributed by atoms with Gasteiger partial charge in [0.05, 0.1) is 0 Å². The van der Waals surface area contributed by atoms with Crippen molar-refractivity contribution >= 4 is 5.97 Å². The highest BCUT2D eigenvalue weighted by Crippen LogP contribution is 2.01. The molecular formula is C14H26O3. The summed E-state index contributed by atoms with van der Waals surface area (Å²) in [6.07, 6.45) is 12.2. The molecule has 0 aliphatic rings. The van der Waals surface area contributed by atoms with Gasteiger partial charge in [-0.1, -0.05) is 51.7 Å². The standard InChI is InChI=1S/C14H26O3/c1-3-5-7-8-9-11-13-16-17-14(15)12-10-6-4-2/h9,11H,3-8,10,12-13H2,1-2H3/b11-9+. The number of rotatable bonds is 11. The summed E-state index contributed by atoms with van der Waals surface area (Å²) in [4.78, 5) is 20.5. The molecule has 0 spiro atoms. The third-order valence-electron chi connectivity index (χ3n) is 2.44. The number of carbonyl (C=O) groups excluding carboxylic acids is 1. The molecule has 0 aliphatic heterocycles. The zero-order chi connectivity index (χ0) is 12.8. The van der Waals surface area contributed by atoms with Crippen molar-refractivity contribution in [3.05, 3.63) is 12.2 Å². The van der Waals surface area contributed by atoms with Crippen molar-refractivity contribution in [2.45, 2.75) is 65.2 Å². The van der Waals surface area contributed by atoms with Crippen LogP contribution in [0.1, 0.15) is 65.2 Å². The van der Waals surface area contributed by atoms with E-state index in [0.717, 1.165) is 25.7 Å². The van der Waals surface area contributed by atoms with Gasteiger partial charge in [-0.05, 0) is 19.3 Å². The molecule has 0 aromatic heterocycles. The quantitative estimate of drug-likeness (QED) is 0.236.